The van der Waals surface area contributed by atoms with E-state index in [1.165, 1.54) is 11.4 Å². The van der Waals surface area contributed by atoms with Crippen molar-refractivity contribution >= 4 is 17.3 Å². The molecular weight excluding hydrogens is 254 g/mol. The van der Waals surface area contributed by atoms with Crippen LogP contribution < -0.4 is 9.80 Å². The van der Waals surface area contributed by atoms with Crippen LogP contribution in [0, 0.1) is 0 Å². The Labute approximate surface area is 120 Å². The van der Waals surface area contributed by atoms with Gasteiger partial charge >= 0.3 is 0 Å². The van der Waals surface area contributed by atoms with Gasteiger partial charge in [0.2, 0.25) is 5.91 Å². The Hall–Kier alpha value is -1.75. The number of nitrogens with zero attached hydrogens (tertiary/aromatic N) is 3. The molecule has 1 aliphatic rings. The Morgan fingerprint density at radius 1 is 1.25 bits per heavy atom. The van der Waals surface area contributed by atoms with Crippen LogP contribution in [0.3, 0.4) is 0 Å². The summed E-state index contributed by atoms with van der Waals surface area (Å²) in [6, 6.07) is 8.49. The summed E-state index contributed by atoms with van der Waals surface area (Å²) < 4.78 is 4.90. The van der Waals surface area contributed by atoms with Crippen molar-refractivity contribution < 1.29 is 9.53 Å². The van der Waals surface area contributed by atoms with Gasteiger partial charge in [0.05, 0.1) is 0 Å². The topological polar surface area (TPSA) is 36.0 Å². The molecule has 0 atom stereocenters. The number of carbonyl (C=O) groups is 1. The first-order valence-corrected chi connectivity index (χ1v) is 6.91. The van der Waals surface area contributed by atoms with Crippen molar-refractivity contribution in [2.24, 2.45) is 0 Å². The van der Waals surface area contributed by atoms with Crippen LogP contribution >= 0.6 is 0 Å². The lowest BCUT2D eigenvalue weighted by atomic mass is 10.2. The summed E-state index contributed by atoms with van der Waals surface area (Å²) in [4.78, 5) is 18.1. The van der Waals surface area contributed by atoms with Crippen LogP contribution in [0.25, 0.3) is 0 Å². The van der Waals surface area contributed by atoms with E-state index in [2.05, 4.69) is 34.1 Å². The lowest BCUT2D eigenvalue weighted by Crippen LogP contribution is -2.49. The van der Waals surface area contributed by atoms with Crippen molar-refractivity contribution in [3.05, 3.63) is 24.3 Å². The van der Waals surface area contributed by atoms with Crippen LogP contribution in [-0.4, -0.2) is 64.8 Å². The number of piperazine rings is 1. The predicted molar refractivity (Wildman–Crippen MR) is 81.4 cm³/mol. The lowest BCUT2D eigenvalue weighted by molar-refractivity contribution is -0.135. The van der Waals surface area contributed by atoms with Crippen LogP contribution in [0.15, 0.2) is 24.3 Å². The molecule has 5 heteroatoms. The molecule has 1 aromatic rings. The Bertz CT molecular complexity index is 454. The molecule has 1 aromatic carbocycles. The number of anilines is 2. The average molecular weight is 277 g/mol. The number of hydrogen-bond donors (Lipinski definition) is 0. The highest BCUT2D eigenvalue weighted by atomic mass is 16.5. The molecule has 2 rings (SSSR count). The van der Waals surface area contributed by atoms with Gasteiger partial charge in [-0.05, 0) is 18.2 Å². The molecule has 0 N–H and O–H groups in total. The van der Waals surface area contributed by atoms with Crippen molar-refractivity contribution in [2.45, 2.75) is 0 Å². The van der Waals surface area contributed by atoms with Gasteiger partial charge in [0.15, 0.2) is 0 Å². The third-order valence-corrected chi connectivity index (χ3v) is 3.61. The SMILES string of the molecule is COCC(=O)N1CCN(c2cccc(N(C)C)c2)CC1. The van der Waals surface area contributed by atoms with E-state index in [0.717, 1.165) is 26.2 Å². The second-order valence-electron chi connectivity index (χ2n) is 5.22. The molecule has 1 heterocycles. The van der Waals surface area contributed by atoms with Crippen molar-refractivity contribution in [2.75, 3.05) is 63.8 Å². The Kier molecular flexibility index (Phi) is 4.84. The summed E-state index contributed by atoms with van der Waals surface area (Å²) in [5, 5.41) is 0. The Balaban J connectivity index is 1.97. The van der Waals surface area contributed by atoms with Gasteiger partial charge in [-0.2, -0.15) is 0 Å². The summed E-state index contributed by atoms with van der Waals surface area (Å²) >= 11 is 0. The van der Waals surface area contributed by atoms with Crippen LogP contribution in [0.1, 0.15) is 0 Å². The van der Waals surface area contributed by atoms with Crippen LogP contribution in [-0.2, 0) is 9.53 Å². The number of amides is 1. The maximum Gasteiger partial charge on any atom is 0.248 e. The molecule has 1 amide bonds. The first-order valence-electron chi connectivity index (χ1n) is 6.91. The standard InChI is InChI=1S/C15H23N3O2/c1-16(2)13-5-4-6-14(11-13)17-7-9-18(10-8-17)15(19)12-20-3/h4-6,11H,7-10,12H2,1-3H3. The van der Waals surface area contributed by atoms with E-state index < -0.39 is 0 Å². The number of carbonyl (C=O) groups excluding carboxylic acids is 1. The van der Waals surface area contributed by atoms with Crippen molar-refractivity contribution in [1.29, 1.82) is 0 Å². The molecule has 0 radical (unpaired) electrons. The van der Waals surface area contributed by atoms with Gasteiger partial charge in [0.25, 0.3) is 0 Å². The normalized spacial score (nSPS) is 15.3. The molecule has 1 saturated heterocycles. The first-order chi connectivity index (χ1) is 9.61. The first kappa shape index (κ1) is 14.7. The van der Waals surface area contributed by atoms with E-state index in [4.69, 9.17) is 4.74 Å². The van der Waals surface area contributed by atoms with Gasteiger partial charge in [0.1, 0.15) is 6.61 Å². The molecule has 20 heavy (non-hydrogen) atoms. The zero-order valence-corrected chi connectivity index (χ0v) is 12.5. The lowest BCUT2D eigenvalue weighted by Gasteiger charge is -2.36. The zero-order chi connectivity index (χ0) is 14.5. The summed E-state index contributed by atoms with van der Waals surface area (Å²) in [6.07, 6.45) is 0. The van der Waals surface area contributed by atoms with Gasteiger partial charge in [-0.1, -0.05) is 6.07 Å². The van der Waals surface area contributed by atoms with E-state index >= 15 is 0 Å². The third-order valence-electron chi connectivity index (χ3n) is 3.61. The highest BCUT2D eigenvalue weighted by Gasteiger charge is 2.21. The third kappa shape index (κ3) is 3.42. The van der Waals surface area contributed by atoms with Gasteiger partial charge in [-0.15, -0.1) is 0 Å². The molecule has 5 nitrogen and oxygen atoms in total. The molecule has 1 fully saturated rings. The van der Waals surface area contributed by atoms with Gasteiger partial charge in [-0.3, -0.25) is 4.79 Å². The highest BCUT2D eigenvalue weighted by Crippen LogP contribution is 2.22. The molecular formula is C15H23N3O2. The second kappa shape index (κ2) is 6.61. The minimum absolute atomic E-state index is 0.0780. The van der Waals surface area contributed by atoms with Crippen LogP contribution in [0.2, 0.25) is 0 Å². The van der Waals surface area contributed by atoms with Crippen molar-refractivity contribution in [3.63, 3.8) is 0 Å². The summed E-state index contributed by atoms with van der Waals surface area (Å²) in [5.74, 6) is 0.0780. The number of ether oxygens (including phenoxy) is 1. The number of rotatable bonds is 4. The van der Waals surface area contributed by atoms with Gasteiger partial charge in [0, 0.05) is 58.8 Å². The number of hydrogen-bond acceptors (Lipinski definition) is 4. The van der Waals surface area contributed by atoms with Crippen LogP contribution in [0.4, 0.5) is 11.4 Å². The molecule has 0 aromatic heterocycles. The maximum absolute atomic E-state index is 11.8. The molecule has 110 valence electrons. The van der Waals surface area contributed by atoms with E-state index in [0.29, 0.717) is 0 Å². The molecule has 0 unspecified atom stereocenters. The fourth-order valence-corrected chi connectivity index (χ4v) is 2.40. The minimum atomic E-state index is 0.0780. The Morgan fingerprint density at radius 2 is 1.95 bits per heavy atom. The maximum atomic E-state index is 11.8. The quantitative estimate of drug-likeness (QED) is 0.824. The largest absolute Gasteiger partial charge is 0.378 e. The zero-order valence-electron chi connectivity index (χ0n) is 12.5. The Morgan fingerprint density at radius 3 is 2.55 bits per heavy atom. The van der Waals surface area contributed by atoms with E-state index in [9.17, 15) is 4.79 Å². The molecule has 0 saturated carbocycles. The fourth-order valence-electron chi connectivity index (χ4n) is 2.40. The average Bonchev–Trinajstić information content (AvgIpc) is 2.48. The number of benzene rings is 1. The van der Waals surface area contributed by atoms with Crippen LogP contribution in [0.5, 0.6) is 0 Å². The fraction of sp³-hybridized carbons (Fsp3) is 0.533. The summed E-state index contributed by atoms with van der Waals surface area (Å²) in [7, 11) is 5.64. The smallest absolute Gasteiger partial charge is 0.248 e. The second-order valence-corrected chi connectivity index (χ2v) is 5.22. The highest BCUT2D eigenvalue weighted by molar-refractivity contribution is 5.77. The van der Waals surface area contributed by atoms with E-state index in [1.807, 2.05) is 19.0 Å². The summed E-state index contributed by atoms with van der Waals surface area (Å²) in [5.41, 5.74) is 2.41. The monoisotopic (exact) mass is 277 g/mol. The van der Waals surface area contributed by atoms with Crippen molar-refractivity contribution in [3.8, 4) is 0 Å². The predicted octanol–water partition coefficient (Wildman–Crippen LogP) is 1.05. The van der Waals surface area contributed by atoms with Crippen molar-refractivity contribution in [1.82, 2.24) is 4.90 Å². The minimum Gasteiger partial charge on any atom is -0.378 e. The molecule has 0 bridgehead atoms. The van der Waals surface area contributed by atoms with Gasteiger partial charge < -0.3 is 19.4 Å². The van der Waals surface area contributed by atoms with Gasteiger partial charge in [-0.25, -0.2) is 0 Å². The van der Waals surface area contributed by atoms with E-state index in [-0.39, 0.29) is 12.5 Å². The molecule has 0 aliphatic carbocycles. The molecule has 0 spiro atoms. The van der Waals surface area contributed by atoms with E-state index in [1.54, 1.807) is 7.11 Å². The summed E-state index contributed by atoms with van der Waals surface area (Å²) in [6.45, 7) is 3.43. The number of methoxy groups -OCH3 is 1. The molecule has 1 aliphatic heterocycles.